The van der Waals surface area contributed by atoms with Gasteiger partial charge >= 0.3 is 0 Å². The monoisotopic (exact) mass is 276 g/mol. The van der Waals surface area contributed by atoms with Crippen molar-refractivity contribution < 1.29 is 4.39 Å². The predicted molar refractivity (Wildman–Crippen MR) is 81.5 cm³/mol. The van der Waals surface area contributed by atoms with Crippen molar-refractivity contribution >= 4 is 5.69 Å². The minimum Gasteiger partial charge on any atom is -0.369 e. The molecule has 0 aromatic heterocycles. The van der Waals surface area contributed by atoms with Crippen molar-refractivity contribution in [1.82, 2.24) is 0 Å². The Morgan fingerprint density at radius 3 is 2.45 bits per heavy atom. The van der Waals surface area contributed by atoms with Crippen LogP contribution in [0.5, 0.6) is 0 Å². The van der Waals surface area contributed by atoms with Crippen LogP contribution in [0.4, 0.5) is 10.1 Å². The van der Waals surface area contributed by atoms with Gasteiger partial charge in [-0.15, -0.1) is 0 Å². The molecule has 1 aromatic carbocycles. The molecule has 1 aliphatic heterocycles. The van der Waals surface area contributed by atoms with E-state index in [4.69, 9.17) is 5.73 Å². The molecule has 1 aliphatic carbocycles. The molecule has 1 heterocycles. The van der Waals surface area contributed by atoms with Crippen molar-refractivity contribution in [1.29, 1.82) is 0 Å². The fourth-order valence-electron chi connectivity index (χ4n) is 4.10. The second kappa shape index (κ2) is 5.72. The molecule has 20 heavy (non-hydrogen) atoms. The normalized spacial score (nSPS) is 21.6. The summed E-state index contributed by atoms with van der Waals surface area (Å²) in [5, 5.41) is 0. The lowest BCUT2D eigenvalue weighted by molar-refractivity contribution is 0.226. The van der Waals surface area contributed by atoms with Gasteiger partial charge in [0.2, 0.25) is 0 Å². The van der Waals surface area contributed by atoms with Crippen LogP contribution in [0.15, 0.2) is 18.2 Å². The lowest BCUT2D eigenvalue weighted by atomic mass is 9.77. The largest absolute Gasteiger partial charge is 0.369 e. The number of rotatable bonds is 3. The van der Waals surface area contributed by atoms with Crippen molar-refractivity contribution in [2.45, 2.75) is 44.9 Å². The smallest absolute Gasteiger partial charge is 0.146 e. The average molecular weight is 276 g/mol. The zero-order valence-electron chi connectivity index (χ0n) is 12.2. The van der Waals surface area contributed by atoms with Gasteiger partial charge in [0.25, 0.3) is 0 Å². The minimum absolute atomic E-state index is 0.0849. The Morgan fingerprint density at radius 1 is 1.10 bits per heavy atom. The van der Waals surface area contributed by atoms with Crippen LogP contribution in [0.1, 0.15) is 44.1 Å². The van der Waals surface area contributed by atoms with Gasteiger partial charge in [0.1, 0.15) is 5.82 Å². The first-order valence-corrected chi connectivity index (χ1v) is 7.97. The fraction of sp³-hybridized carbons (Fsp3) is 0.647. The Labute approximate surface area is 121 Å². The minimum atomic E-state index is -0.0849. The number of halogens is 1. The molecule has 1 spiro atoms. The van der Waals surface area contributed by atoms with Gasteiger partial charge in [0, 0.05) is 13.1 Å². The summed E-state index contributed by atoms with van der Waals surface area (Å²) < 4.78 is 14.2. The summed E-state index contributed by atoms with van der Waals surface area (Å²) >= 11 is 0. The molecule has 0 unspecified atom stereocenters. The molecule has 1 saturated heterocycles. The lowest BCUT2D eigenvalue weighted by Crippen LogP contribution is -2.39. The van der Waals surface area contributed by atoms with E-state index in [-0.39, 0.29) is 5.82 Å². The second-order valence-corrected chi connectivity index (χ2v) is 6.48. The summed E-state index contributed by atoms with van der Waals surface area (Å²) in [5.74, 6) is -0.0849. The van der Waals surface area contributed by atoms with E-state index in [9.17, 15) is 4.39 Å². The third-order valence-corrected chi connectivity index (χ3v) is 5.29. The molecule has 0 bridgehead atoms. The van der Waals surface area contributed by atoms with E-state index in [1.165, 1.54) is 38.5 Å². The van der Waals surface area contributed by atoms with Crippen molar-refractivity contribution in [3.05, 3.63) is 29.6 Å². The molecule has 1 aromatic rings. The van der Waals surface area contributed by atoms with Gasteiger partial charge in [-0.25, -0.2) is 4.39 Å². The summed E-state index contributed by atoms with van der Waals surface area (Å²) in [6.07, 6.45) is 8.75. The second-order valence-electron chi connectivity index (χ2n) is 6.48. The van der Waals surface area contributed by atoms with E-state index in [0.717, 1.165) is 30.8 Å². The highest BCUT2D eigenvalue weighted by molar-refractivity contribution is 5.55. The first kappa shape index (κ1) is 13.9. The summed E-state index contributed by atoms with van der Waals surface area (Å²) in [4.78, 5) is 2.25. The summed E-state index contributed by atoms with van der Waals surface area (Å²) in [5.41, 5.74) is 8.12. The third kappa shape index (κ3) is 2.56. The average Bonchev–Trinajstić information content (AvgIpc) is 2.90. The molecule has 110 valence electrons. The van der Waals surface area contributed by atoms with Crippen LogP contribution in [0, 0.1) is 11.2 Å². The Balaban J connectivity index is 1.77. The van der Waals surface area contributed by atoms with E-state index in [1.54, 1.807) is 12.1 Å². The van der Waals surface area contributed by atoms with Gasteiger partial charge in [-0.2, -0.15) is 0 Å². The van der Waals surface area contributed by atoms with E-state index in [0.29, 0.717) is 12.0 Å². The zero-order valence-corrected chi connectivity index (χ0v) is 12.2. The lowest BCUT2D eigenvalue weighted by Gasteiger charge is -2.41. The maximum absolute atomic E-state index is 14.2. The molecule has 2 N–H and O–H groups in total. The molecule has 0 radical (unpaired) electrons. The molecular formula is C17H25FN2. The molecule has 2 fully saturated rings. The van der Waals surface area contributed by atoms with Crippen LogP contribution in [0.2, 0.25) is 0 Å². The van der Waals surface area contributed by atoms with E-state index >= 15 is 0 Å². The van der Waals surface area contributed by atoms with E-state index in [1.807, 2.05) is 6.07 Å². The van der Waals surface area contributed by atoms with E-state index in [2.05, 4.69) is 4.90 Å². The number of para-hydroxylation sites is 1. The van der Waals surface area contributed by atoms with Gasteiger partial charge in [-0.1, -0.05) is 25.0 Å². The maximum atomic E-state index is 14.2. The quantitative estimate of drug-likeness (QED) is 0.915. The van der Waals surface area contributed by atoms with Crippen molar-refractivity contribution in [3.63, 3.8) is 0 Å². The van der Waals surface area contributed by atoms with Gasteiger partial charge in [-0.3, -0.25) is 0 Å². The molecule has 1 saturated carbocycles. The highest BCUT2D eigenvalue weighted by Crippen LogP contribution is 2.47. The molecule has 2 nitrogen and oxygen atoms in total. The molecule has 2 aliphatic rings. The van der Waals surface area contributed by atoms with Gasteiger partial charge in [-0.05, 0) is 55.7 Å². The SMILES string of the molecule is NCCc1cccc(F)c1N1CCC2(CCCC2)CC1. The maximum Gasteiger partial charge on any atom is 0.146 e. The van der Waals surface area contributed by atoms with Crippen LogP contribution in [0.3, 0.4) is 0 Å². The van der Waals surface area contributed by atoms with Crippen molar-refractivity contribution in [2.75, 3.05) is 24.5 Å². The number of hydrogen-bond donors (Lipinski definition) is 1. The Bertz CT molecular complexity index is 456. The summed E-state index contributed by atoms with van der Waals surface area (Å²) in [7, 11) is 0. The molecule has 0 amide bonds. The number of benzene rings is 1. The van der Waals surface area contributed by atoms with Gasteiger partial charge in [0.05, 0.1) is 5.69 Å². The van der Waals surface area contributed by atoms with Crippen LogP contribution in [-0.4, -0.2) is 19.6 Å². The highest BCUT2D eigenvalue weighted by atomic mass is 19.1. The van der Waals surface area contributed by atoms with Gasteiger partial charge in [0.15, 0.2) is 0 Å². The number of anilines is 1. The van der Waals surface area contributed by atoms with Gasteiger partial charge < -0.3 is 10.6 Å². The van der Waals surface area contributed by atoms with E-state index < -0.39 is 0 Å². The Kier molecular flexibility index (Phi) is 3.97. The van der Waals surface area contributed by atoms with Crippen molar-refractivity contribution in [3.8, 4) is 0 Å². The highest BCUT2D eigenvalue weighted by Gasteiger charge is 2.37. The van der Waals surface area contributed by atoms with Crippen LogP contribution < -0.4 is 10.6 Å². The Morgan fingerprint density at radius 2 is 1.80 bits per heavy atom. The summed E-state index contributed by atoms with van der Waals surface area (Å²) in [6, 6.07) is 5.40. The molecule has 0 atom stereocenters. The third-order valence-electron chi connectivity index (χ3n) is 5.29. The van der Waals surface area contributed by atoms with Crippen LogP contribution in [-0.2, 0) is 6.42 Å². The fourth-order valence-corrected chi connectivity index (χ4v) is 4.10. The number of hydrogen-bond acceptors (Lipinski definition) is 2. The van der Waals surface area contributed by atoms with Crippen molar-refractivity contribution in [2.24, 2.45) is 11.1 Å². The predicted octanol–water partition coefficient (Wildman–Crippen LogP) is 3.49. The molecule has 3 rings (SSSR count). The van der Waals surface area contributed by atoms with Crippen LogP contribution in [0.25, 0.3) is 0 Å². The summed E-state index contributed by atoms with van der Waals surface area (Å²) in [6.45, 7) is 2.57. The first-order chi connectivity index (χ1) is 9.74. The standard InChI is InChI=1S/C17H25FN2/c18-15-5-3-4-14(6-11-19)16(15)20-12-9-17(10-13-20)7-1-2-8-17/h3-5H,1-2,6-13,19H2. The molecular weight excluding hydrogens is 251 g/mol. The molecule has 3 heteroatoms. The zero-order chi connectivity index (χ0) is 14.0. The number of nitrogens with two attached hydrogens (primary N) is 1. The number of nitrogens with zero attached hydrogens (tertiary/aromatic N) is 1. The first-order valence-electron chi connectivity index (χ1n) is 7.97. The number of piperidine rings is 1. The topological polar surface area (TPSA) is 29.3 Å². The van der Waals surface area contributed by atoms with Crippen LogP contribution >= 0.6 is 0 Å². The Hall–Kier alpha value is -1.09.